The van der Waals surface area contributed by atoms with Crippen molar-refractivity contribution in [2.45, 2.75) is 12.8 Å². The minimum absolute atomic E-state index is 0.907. The van der Waals surface area contributed by atoms with Crippen molar-refractivity contribution < 1.29 is 0 Å². The van der Waals surface area contributed by atoms with E-state index in [2.05, 4.69) is 12.5 Å². The summed E-state index contributed by atoms with van der Waals surface area (Å²) in [5.41, 5.74) is 0. The van der Waals surface area contributed by atoms with Gasteiger partial charge in [0.2, 0.25) is 0 Å². The topological polar surface area (TPSA) is 0 Å². The first kappa shape index (κ1) is 8.65. The van der Waals surface area contributed by atoms with Gasteiger partial charge in [-0.2, -0.15) is 11.8 Å². The molecule has 9 heavy (non-hydrogen) atoms. The van der Waals surface area contributed by atoms with Gasteiger partial charge < -0.3 is 0 Å². The summed E-state index contributed by atoms with van der Waals surface area (Å²) in [4.78, 5) is 0. The van der Waals surface area contributed by atoms with Crippen LogP contribution >= 0.6 is 11.8 Å². The zero-order valence-corrected chi connectivity index (χ0v) is 6.41. The molecule has 0 saturated carbocycles. The Kier molecular flexibility index (Phi) is 7.35. The van der Waals surface area contributed by atoms with Crippen LogP contribution in [0.5, 0.6) is 0 Å². The van der Waals surface area contributed by atoms with Crippen LogP contribution in [0.25, 0.3) is 0 Å². The maximum Gasteiger partial charge on any atom is 0.0110 e. The van der Waals surface area contributed by atoms with Gasteiger partial charge in [-0.15, -0.1) is 18.9 Å². The van der Waals surface area contributed by atoms with Gasteiger partial charge in [-0.1, -0.05) is 6.08 Å². The van der Waals surface area contributed by atoms with E-state index in [0.717, 1.165) is 24.3 Å². The number of unbranched alkanes of at least 4 members (excludes halogenated alkanes) is 1. The van der Waals surface area contributed by atoms with Crippen molar-refractivity contribution in [1.29, 1.82) is 0 Å². The SMILES string of the molecule is C#CCCCSCC=C. The molecule has 0 bridgehead atoms. The van der Waals surface area contributed by atoms with Crippen LogP contribution in [0.3, 0.4) is 0 Å². The van der Waals surface area contributed by atoms with E-state index < -0.39 is 0 Å². The fourth-order valence-electron chi connectivity index (χ4n) is 0.443. The Morgan fingerprint density at radius 3 is 3.00 bits per heavy atom. The molecule has 0 aliphatic rings. The standard InChI is InChI=1S/C8H12S/c1-3-5-6-8-9-7-4-2/h1,4H,2,5-8H2. The third-order valence-corrected chi connectivity index (χ3v) is 1.89. The van der Waals surface area contributed by atoms with Gasteiger partial charge in [-0.25, -0.2) is 0 Å². The van der Waals surface area contributed by atoms with E-state index in [4.69, 9.17) is 6.42 Å². The third-order valence-electron chi connectivity index (χ3n) is 0.845. The fourth-order valence-corrected chi connectivity index (χ4v) is 1.12. The zero-order valence-electron chi connectivity index (χ0n) is 5.60. The van der Waals surface area contributed by atoms with Crippen molar-refractivity contribution in [1.82, 2.24) is 0 Å². The number of hydrogen-bond acceptors (Lipinski definition) is 1. The predicted octanol–water partition coefficient (Wildman–Crippen LogP) is 2.32. The number of hydrogen-bond donors (Lipinski definition) is 0. The largest absolute Gasteiger partial charge is 0.158 e. The first-order valence-electron chi connectivity index (χ1n) is 3.04. The lowest BCUT2D eigenvalue weighted by molar-refractivity contribution is 0.999. The van der Waals surface area contributed by atoms with E-state index in [-0.39, 0.29) is 0 Å². The molecule has 0 aliphatic heterocycles. The molecular weight excluding hydrogens is 128 g/mol. The second kappa shape index (κ2) is 7.65. The molecule has 0 aromatic rings. The summed E-state index contributed by atoms with van der Waals surface area (Å²) in [6.45, 7) is 3.62. The van der Waals surface area contributed by atoms with Gasteiger partial charge >= 0.3 is 0 Å². The average molecular weight is 140 g/mol. The fraction of sp³-hybridized carbons (Fsp3) is 0.500. The minimum Gasteiger partial charge on any atom is -0.158 e. The van der Waals surface area contributed by atoms with E-state index in [1.165, 1.54) is 0 Å². The van der Waals surface area contributed by atoms with Gasteiger partial charge in [0, 0.05) is 12.2 Å². The molecule has 0 amide bonds. The number of terminal acetylenes is 1. The Labute approximate surface area is 61.7 Å². The molecule has 0 fully saturated rings. The van der Waals surface area contributed by atoms with E-state index in [0.29, 0.717) is 0 Å². The van der Waals surface area contributed by atoms with Crippen LogP contribution in [-0.2, 0) is 0 Å². The van der Waals surface area contributed by atoms with Crippen LogP contribution in [0.2, 0.25) is 0 Å². The summed E-state index contributed by atoms with van der Waals surface area (Å²) < 4.78 is 0. The van der Waals surface area contributed by atoms with E-state index >= 15 is 0 Å². The molecule has 0 spiro atoms. The van der Waals surface area contributed by atoms with Crippen LogP contribution in [0.15, 0.2) is 12.7 Å². The molecule has 0 saturated heterocycles. The first-order valence-corrected chi connectivity index (χ1v) is 4.19. The highest BCUT2D eigenvalue weighted by atomic mass is 32.2. The van der Waals surface area contributed by atoms with Crippen molar-refractivity contribution >= 4 is 11.8 Å². The Hall–Kier alpha value is -0.350. The molecule has 50 valence electrons. The summed E-state index contributed by atoms with van der Waals surface area (Å²) in [5, 5.41) is 0. The molecule has 0 aliphatic carbocycles. The quantitative estimate of drug-likeness (QED) is 0.321. The second-order valence-corrected chi connectivity index (χ2v) is 2.82. The summed E-state index contributed by atoms with van der Waals surface area (Å²) in [7, 11) is 0. The van der Waals surface area contributed by atoms with E-state index in [1.807, 2.05) is 17.8 Å². The van der Waals surface area contributed by atoms with Crippen LogP contribution < -0.4 is 0 Å². The monoisotopic (exact) mass is 140 g/mol. The van der Waals surface area contributed by atoms with Crippen LogP contribution in [0, 0.1) is 12.3 Å². The van der Waals surface area contributed by atoms with Crippen molar-refractivity contribution in [2.24, 2.45) is 0 Å². The lowest BCUT2D eigenvalue weighted by atomic mass is 10.4. The summed E-state index contributed by atoms with van der Waals surface area (Å²) in [6.07, 6.45) is 9.02. The molecule has 1 heteroatoms. The Bertz CT molecular complexity index is 99.6. The molecule has 0 atom stereocenters. The molecule has 0 rings (SSSR count). The summed E-state index contributed by atoms with van der Waals surface area (Å²) >= 11 is 1.88. The molecule has 0 unspecified atom stereocenters. The van der Waals surface area contributed by atoms with Gasteiger partial charge in [-0.05, 0) is 12.2 Å². The highest BCUT2D eigenvalue weighted by molar-refractivity contribution is 7.99. The number of thioether (sulfide) groups is 1. The lowest BCUT2D eigenvalue weighted by Gasteiger charge is -1.92. The molecule has 0 heterocycles. The Balaban J connectivity index is 2.76. The first-order chi connectivity index (χ1) is 4.41. The smallest absolute Gasteiger partial charge is 0.0110 e. The molecule has 0 aromatic carbocycles. The third kappa shape index (κ3) is 7.65. The number of rotatable bonds is 5. The molecule has 0 aromatic heterocycles. The molecule has 0 nitrogen and oxygen atoms in total. The van der Waals surface area contributed by atoms with E-state index in [1.54, 1.807) is 0 Å². The van der Waals surface area contributed by atoms with Crippen molar-refractivity contribution in [3.8, 4) is 12.3 Å². The van der Waals surface area contributed by atoms with Crippen LogP contribution in [0.4, 0.5) is 0 Å². The maximum atomic E-state index is 5.06. The van der Waals surface area contributed by atoms with Gasteiger partial charge in [-0.3, -0.25) is 0 Å². The zero-order chi connectivity index (χ0) is 6.95. The highest BCUT2D eigenvalue weighted by Crippen LogP contribution is 2.02. The van der Waals surface area contributed by atoms with E-state index in [9.17, 15) is 0 Å². The summed E-state index contributed by atoms with van der Waals surface area (Å²) in [5.74, 6) is 4.81. The average Bonchev–Trinajstić information content (AvgIpc) is 1.89. The molecule has 0 N–H and O–H groups in total. The highest BCUT2D eigenvalue weighted by Gasteiger charge is 1.83. The predicted molar refractivity (Wildman–Crippen MR) is 45.6 cm³/mol. The van der Waals surface area contributed by atoms with Gasteiger partial charge in [0.05, 0.1) is 0 Å². The molecular formula is C8H12S. The Morgan fingerprint density at radius 1 is 1.67 bits per heavy atom. The van der Waals surface area contributed by atoms with Gasteiger partial charge in [0.25, 0.3) is 0 Å². The van der Waals surface area contributed by atoms with Crippen molar-refractivity contribution in [2.75, 3.05) is 11.5 Å². The summed E-state index contributed by atoms with van der Waals surface area (Å²) in [6, 6.07) is 0. The minimum atomic E-state index is 0.907. The van der Waals surface area contributed by atoms with Gasteiger partial charge in [0.1, 0.15) is 0 Å². The van der Waals surface area contributed by atoms with Gasteiger partial charge in [0.15, 0.2) is 0 Å². The van der Waals surface area contributed by atoms with Crippen LogP contribution in [-0.4, -0.2) is 11.5 Å². The Morgan fingerprint density at radius 2 is 2.44 bits per heavy atom. The second-order valence-electron chi connectivity index (χ2n) is 1.67. The van der Waals surface area contributed by atoms with Crippen LogP contribution in [0.1, 0.15) is 12.8 Å². The molecule has 0 radical (unpaired) electrons. The van der Waals surface area contributed by atoms with Crippen molar-refractivity contribution in [3.63, 3.8) is 0 Å². The normalized spacial score (nSPS) is 8.33. The lowest BCUT2D eigenvalue weighted by Crippen LogP contribution is -1.78. The van der Waals surface area contributed by atoms with Crippen molar-refractivity contribution in [3.05, 3.63) is 12.7 Å². The maximum absolute atomic E-state index is 5.06.